The molecular formula is C17H19FN2O2S. The normalized spacial score (nSPS) is 10.0. The number of hydrogen-bond donors (Lipinski definition) is 1. The van der Waals surface area contributed by atoms with Gasteiger partial charge in [-0.15, -0.1) is 0 Å². The lowest BCUT2D eigenvalue weighted by Gasteiger charge is -2.21. The molecule has 2 rings (SSSR count). The molecule has 0 saturated carbocycles. The Balaban J connectivity index is 1.75. The Kier molecular flexibility index (Phi) is 6.17. The van der Waals surface area contributed by atoms with Gasteiger partial charge in [0.2, 0.25) is 0 Å². The number of methoxy groups -OCH3 is 1. The molecular weight excluding hydrogens is 315 g/mol. The molecule has 0 unspecified atom stereocenters. The Labute approximate surface area is 140 Å². The summed E-state index contributed by atoms with van der Waals surface area (Å²) in [6, 6.07) is 13.5. The lowest BCUT2D eigenvalue weighted by molar-refractivity contribution is 0.285. The summed E-state index contributed by atoms with van der Waals surface area (Å²) in [6.45, 7) is 1.12. The van der Waals surface area contributed by atoms with Gasteiger partial charge in [-0.05, 0) is 60.7 Å². The van der Waals surface area contributed by atoms with Gasteiger partial charge in [-0.3, -0.25) is 0 Å². The summed E-state index contributed by atoms with van der Waals surface area (Å²) in [7, 11) is 3.50. The first-order valence-corrected chi connectivity index (χ1v) is 7.54. The van der Waals surface area contributed by atoms with Crippen LogP contribution in [0.15, 0.2) is 48.5 Å². The zero-order valence-corrected chi connectivity index (χ0v) is 13.9. The van der Waals surface area contributed by atoms with Crippen LogP contribution in [0, 0.1) is 5.82 Å². The molecule has 4 nitrogen and oxygen atoms in total. The van der Waals surface area contributed by atoms with Crippen LogP contribution in [0.5, 0.6) is 11.5 Å². The molecule has 0 bridgehead atoms. The monoisotopic (exact) mass is 334 g/mol. The molecule has 2 aromatic carbocycles. The molecule has 0 amide bonds. The van der Waals surface area contributed by atoms with Crippen molar-refractivity contribution in [3.05, 3.63) is 54.3 Å². The topological polar surface area (TPSA) is 33.7 Å². The van der Waals surface area contributed by atoms with Gasteiger partial charge in [0.15, 0.2) is 5.11 Å². The highest BCUT2D eigenvalue weighted by Crippen LogP contribution is 2.16. The predicted molar refractivity (Wildman–Crippen MR) is 93.7 cm³/mol. The molecule has 0 aliphatic carbocycles. The van der Waals surface area contributed by atoms with Gasteiger partial charge in [0.05, 0.1) is 13.7 Å². The van der Waals surface area contributed by atoms with Gasteiger partial charge in [-0.2, -0.15) is 0 Å². The first-order chi connectivity index (χ1) is 11.1. The molecule has 0 atom stereocenters. The largest absolute Gasteiger partial charge is 0.497 e. The van der Waals surface area contributed by atoms with Crippen LogP contribution in [-0.2, 0) is 0 Å². The average Bonchev–Trinajstić information content (AvgIpc) is 2.57. The third-order valence-corrected chi connectivity index (χ3v) is 3.61. The zero-order valence-electron chi connectivity index (χ0n) is 13.1. The van der Waals surface area contributed by atoms with Crippen molar-refractivity contribution in [3.63, 3.8) is 0 Å². The second kappa shape index (κ2) is 8.33. The Bertz CT molecular complexity index is 632. The fourth-order valence-corrected chi connectivity index (χ4v) is 2.04. The molecule has 23 heavy (non-hydrogen) atoms. The number of hydrogen-bond acceptors (Lipinski definition) is 3. The second-order valence-corrected chi connectivity index (χ2v) is 5.27. The van der Waals surface area contributed by atoms with Crippen molar-refractivity contribution >= 4 is 23.0 Å². The van der Waals surface area contributed by atoms with E-state index in [0.717, 1.165) is 17.2 Å². The van der Waals surface area contributed by atoms with Crippen LogP contribution in [0.1, 0.15) is 0 Å². The fourth-order valence-electron chi connectivity index (χ4n) is 1.83. The van der Waals surface area contributed by atoms with Crippen LogP contribution in [-0.4, -0.2) is 37.3 Å². The lowest BCUT2D eigenvalue weighted by atomic mass is 10.3. The predicted octanol–water partition coefficient (Wildman–Crippen LogP) is 3.54. The summed E-state index contributed by atoms with van der Waals surface area (Å²) in [5.74, 6) is 1.29. The number of nitrogens with one attached hydrogen (secondary N) is 1. The van der Waals surface area contributed by atoms with Crippen LogP contribution in [0.4, 0.5) is 10.1 Å². The van der Waals surface area contributed by atoms with E-state index in [2.05, 4.69) is 5.32 Å². The maximum Gasteiger partial charge on any atom is 0.173 e. The molecule has 0 aromatic heterocycles. The number of nitrogens with zero attached hydrogens (tertiary/aromatic N) is 1. The lowest BCUT2D eigenvalue weighted by Crippen LogP contribution is -2.34. The smallest absolute Gasteiger partial charge is 0.173 e. The van der Waals surface area contributed by atoms with Gasteiger partial charge in [-0.1, -0.05) is 0 Å². The molecule has 122 valence electrons. The van der Waals surface area contributed by atoms with E-state index in [1.165, 1.54) is 12.1 Å². The van der Waals surface area contributed by atoms with Crippen LogP contribution in [0.25, 0.3) is 0 Å². The van der Waals surface area contributed by atoms with Crippen molar-refractivity contribution in [2.45, 2.75) is 0 Å². The number of rotatable bonds is 6. The minimum Gasteiger partial charge on any atom is -0.497 e. The first kappa shape index (κ1) is 17.0. The van der Waals surface area contributed by atoms with Gasteiger partial charge < -0.3 is 19.7 Å². The van der Waals surface area contributed by atoms with Crippen molar-refractivity contribution in [1.82, 2.24) is 4.90 Å². The van der Waals surface area contributed by atoms with Gasteiger partial charge in [0, 0.05) is 12.7 Å². The fraction of sp³-hybridized carbons (Fsp3) is 0.235. The van der Waals surface area contributed by atoms with Crippen molar-refractivity contribution in [2.75, 3.05) is 32.6 Å². The Morgan fingerprint density at radius 1 is 1.09 bits per heavy atom. The molecule has 1 N–H and O–H groups in total. The van der Waals surface area contributed by atoms with E-state index in [0.29, 0.717) is 18.3 Å². The van der Waals surface area contributed by atoms with Crippen molar-refractivity contribution in [1.29, 1.82) is 0 Å². The third-order valence-electron chi connectivity index (χ3n) is 3.20. The van der Waals surface area contributed by atoms with Crippen molar-refractivity contribution in [3.8, 4) is 11.5 Å². The molecule has 0 spiro atoms. The highest BCUT2D eigenvalue weighted by molar-refractivity contribution is 7.80. The van der Waals surface area contributed by atoms with Crippen LogP contribution in [0.2, 0.25) is 0 Å². The molecule has 0 heterocycles. The quantitative estimate of drug-likeness (QED) is 0.817. The number of likely N-dealkylation sites (N-methyl/N-ethyl adjacent to an activating group) is 1. The van der Waals surface area contributed by atoms with Crippen molar-refractivity contribution in [2.24, 2.45) is 0 Å². The summed E-state index contributed by atoms with van der Waals surface area (Å²) >= 11 is 5.30. The summed E-state index contributed by atoms with van der Waals surface area (Å²) in [5.41, 5.74) is 0.749. The number of benzene rings is 2. The molecule has 0 aliphatic rings. The molecule has 2 aromatic rings. The maximum atomic E-state index is 12.9. The minimum absolute atomic E-state index is 0.275. The number of ether oxygens (including phenoxy) is 2. The number of halogens is 1. The summed E-state index contributed by atoms with van der Waals surface area (Å²) in [6.07, 6.45) is 0. The molecule has 0 saturated heterocycles. The van der Waals surface area contributed by atoms with Gasteiger partial charge in [0.1, 0.15) is 23.9 Å². The molecule has 0 fully saturated rings. The molecule has 6 heteroatoms. The Hall–Kier alpha value is -2.34. The highest BCUT2D eigenvalue weighted by atomic mass is 32.1. The van der Waals surface area contributed by atoms with Crippen LogP contribution < -0.4 is 14.8 Å². The molecule has 0 radical (unpaired) electrons. The first-order valence-electron chi connectivity index (χ1n) is 7.13. The van der Waals surface area contributed by atoms with Crippen LogP contribution in [0.3, 0.4) is 0 Å². The Morgan fingerprint density at radius 3 is 2.30 bits per heavy atom. The number of thiocarbonyl (C=S) groups is 1. The van der Waals surface area contributed by atoms with Gasteiger partial charge in [0.25, 0.3) is 0 Å². The van der Waals surface area contributed by atoms with E-state index in [1.54, 1.807) is 19.2 Å². The third kappa shape index (κ3) is 5.41. The number of anilines is 1. The highest BCUT2D eigenvalue weighted by Gasteiger charge is 2.05. The zero-order chi connectivity index (χ0) is 16.7. The second-order valence-electron chi connectivity index (χ2n) is 4.88. The van der Waals surface area contributed by atoms with E-state index in [-0.39, 0.29) is 5.82 Å². The van der Waals surface area contributed by atoms with E-state index in [9.17, 15) is 4.39 Å². The van der Waals surface area contributed by atoms with Gasteiger partial charge >= 0.3 is 0 Å². The van der Waals surface area contributed by atoms with Gasteiger partial charge in [-0.25, -0.2) is 4.39 Å². The summed E-state index contributed by atoms with van der Waals surface area (Å²) in [5, 5.41) is 3.60. The van der Waals surface area contributed by atoms with Crippen LogP contribution >= 0.6 is 12.2 Å². The Morgan fingerprint density at radius 2 is 1.70 bits per heavy atom. The van der Waals surface area contributed by atoms with E-state index >= 15 is 0 Å². The van der Waals surface area contributed by atoms with E-state index in [4.69, 9.17) is 21.7 Å². The molecule has 0 aliphatic heterocycles. The summed E-state index contributed by atoms with van der Waals surface area (Å²) < 4.78 is 23.6. The van der Waals surface area contributed by atoms with E-state index in [1.807, 2.05) is 36.2 Å². The minimum atomic E-state index is -0.275. The standard InChI is InChI=1S/C17H19FN2O2S/c1-20(17(23)19-14-5-3-13(18)4-6-14)11-12-22-16-9-7-15(21-2)8-10-16/h3-10H,11-12H2,1-2H3,(H,19,23). The average molecular weight is 334 g/mol. The van der Waals surface area contributed by atoms with Crippen molar-refractivity contribution < 1.29 is 13.9 Å². The SMILES string of the molecule is COc1ccc(OCCN(C)C(=S)Nc2ccc(F)cc2)cc1. The maximum absolute atomic E-state index is 12.9. The van der Waals surface area contributed by atoms with E-state index < -0.39 is 0 Å². The summed E-state index contributed by atoms with van der Waals surface area (Å²) in [4.78, 5) is 1.86.